The van der Waals surface area contributed by atoms with Crippen LogP contribution in [0, 0.1) is 5.92 Å². The van der Waals surface area contributed by atoms with Crippen LogP contribution in [0.15, 0.2) is 12.5 Å². The molecule has 0 aliphatic heterocycles. The molecule has 14 N–H and O–H groups in total. The van der Waals surface area contributed by atoms with Gasteiger partial charge in [0.1, 0.15) is 24.2 Å². The average Bonchev–Trinajstić information content (AvgIpc) is 3.39. The normalized spacial score (nSPS) is 12.1. The van der Waals surface area contributed by atoms with Crippen molar-refractivity contribution in [2.75, 3.05) is 0 Å². The first kappa shape index (κ1) is 48.2. The van der Waals surface area contributed by atoms with Crippen molar-refractivity contribution in [2.45, 2.75) is 84.0 Å². The fraction of sp³-hybridized carbons (Fsp3) is 0.560. The van der Waals surface area contributed by atoms with Crippen LogP contribution in [-0.2, 0) is 44.8 Å². The summed E-state index contributed by atoms with van der Waals surface area (Å²) in [5.74, 6) is -6.71. The summed E-state index contributed by atoms with van der Waals surface area (Å²) in [6.45, 7) is 6.44. The number of nitrogens with one attached hydrogen (secondary N) is 2. The lowest BCUT2D eigenvalue weighted by Gasteiger charge is -2.14. The smallest absolute Gasteiger partial charge is 0.326 e. The van der Waals surface area contributed by atoms with Gasteiger partial charge in [-0.15, -0.1) is 0 Å². The number of imidazole rings is 1. The highest BCUT2D eigenvalue weighted by Crippen LogP contribution is 2.04. The van der Waals surface area contributed by atoms with Crippen LogP contribution in [0.25, 0.3) is 0 Å². The quantitative estimate of drug-likeness (QED) is 0.103. The molecule has 1 heterocycles. The van der Waals surface area contributed by atoms with E-state index in [0.29, 0.717) is 6.42 Å². The molecule has 0 fully saturated rings. The first-order valence-corrected chi connectivity index (χ1v) is 13.3. The number of carbonyl (C=O) groups is 8. The number of aromatic amines is 1. The summed E-state index contributed by atoms with van der Waals surface area (Å²) in [5.41, 5.74) is 15.8. The number of nitrogens with zero attached hydrogens (tertiary/aromatic N) is 1. The number of hydrogen-bond donors (Lipinski definition) is 11. The lowest BCUT2D eigenvalue weighted by atomic mass is 10.0. The monoisotopic (exact) mass is 686 g/mol. The van der Waals surface area contributed by atoms with E-state index in [1.807, 2.05) is 13.8 Å². The minimum absolute atomic E-state index is 0.0231. The van der Waals surface area contributed by atoms with Crippen molar-refractivity contribution in [3.8, 4) is 0 Å². The van der Waals surface area contributed by atoms with Crippen molar-refractivity contribution < 1.29 is 69.0 Å². The lowest BCUT2D eigenvalue weighted by Crippen LogP contribution is -2.40. The molecule has 4 atom stereocenters. The predicted molar refractivity (Wildman–Crippen MR) is 159 cm³/mol. The molecular weight excluding hydrogens is 644 g/mol. The van der Waals surface area contributed by atoms with E-state index in [-0.39, 0.29) is 36.3 Å². The second kappa shape index (κ2) is 27.9. The van der Waals surface area contributed by atoms with Crippen molar-refractivity contribution in [3.63, 3.8) is 0 Å². The van der Waals surface area contributed by atoms with Gasteiger partial charge in [-0.2, -0.15) is 0 Å². The van der Waals surface area contributed by atoms with Crippen molar-refractivity contribution in [3.05, 3.63) is 18.2 Å². The highest BCUT2D eigenvalue weighted by atomic mass is 35.5. The largest absolute Gasteiger partial charge is 0.481 e. The molecule has 0 aromatic carbocycles. The zero-order valence-electron chi connectivity index (χ0n) is 25.6. The van der Waals surface area contributed by atoms with E-state index in [1.54, 1.807) is 6.20 Å². The number of carbonyl (C=O) groups excluding carboxylic acids is 2. The predicted octanol–water partition coefficient (Wildman–Crippen LogP) is -1.11. The summed E-state index contributed by atoms with van der Waals surface area (Å²) in [7, 11) is 0. The standard InChI is InChI=1S/C8H15NO3.C6H9N3O2.C5H9NO4.C4H7NO4.C2H3ClO/c1-5(2)4-7(8(11)12)9-6(3)10;7-5(6(10)11)1-4-2-8-3-9-4;6-3(5(9)10)1-2-4(7)8;5-2(4(8)9)1-3(6)7;1-2(3)4/h5,7H,4H2,1-3H3,(H,9,10)(H,11,12);2-3,5H,1,7H2,(H,8,9)(H,10,11);3H,1-2,6H2,(H,7,8)(H,9,10);2H,1,5H2,(H,6,7)(H,8,9);1H3. The molecule has 20 nitrogen and oxygen atoms in total. The number of H-pyrrole nitrogens is 1. The van der Waals surface area contributed by atoms with Crippen molar-refractivity contribution in [1.82, 2.24) is 15.3 Å². The SMILES string of the molecule is CC(=O)Cl.CC(=O)NC(CC(C)C)C(=O)O.NC(CC(=O)O)C(=O)O.NC(CCC(=O)O)C(=O)O.NC(Cc1cnc[nH]1)C(=O)O. The van der Waals surface area contributed by atoms with Gasteiger partial charge in [0, 0.05) is 38.6 Å². The van der Waals surface area contributed by atoms with Crippen molar-refractivity contribution in [2.24, 2.45) is 23.1 Å². The van der Waals surface area contributed by atoms with Crippen molar-refractivity contribution in [1.29, 1.82) is 0 Å². The average molecular weight is 687 g/mol. The maximum absolute atomic E-state index is 10.6. The highest BCUT2D eigenvalue weighted by molar-refractivity contribution is 6.62. The Balaban J connectivity index is -0.000000247. The number of carboxylic acid groups (broad SMARTS) is 6. The Morgan fingerprint density at radius 1 is 0.804 bits per heavy atom. The molecule has 0 aliphatic rings. The first-order chi connectivity index (χ1) is 20.9. The molecule has 21 heteroatoms. The van der Waals surface area contributed by atoms with Gasteiger partial charge in [0.2, 0.25) is 11.1 Å². The zero-order chi connectivity index (χ0) is 37.2. The maximum atomic E-state index is 10.6. The maximum Gasteiger partial charge on any atom is 0.326 e. The molecular formula is C25H43ClN6O14. The van der Waals surface area contributed by atoms with E-state index in [1.165, 1.54) is 20.2 Å². The van der Waals surface area contributed by atoms with Crippen LogP contribution in [0.5, 0.6) is 0 Å². The number of nitrogens with two attached hydrogens (primary N) is 3. The third kappa shape index (κ3) is 37.4. The minimum atomic E-state index is -1.29. The van der Waals surface area contributed by atoms with Crippen LogP contribution >= 0.6 is 11.6 Å². The number of halogens is 1. The molecule has 1 aromatic rings. The number of carboxylic acids is 6. The van der Waals surface area contributed by atoms with E-state index in [9.17, 15) is 38.4 Å². The van der Waals surface area contributed by atoms with Gasteiger partial charge >= 0.3 is 35.8 Å². The summed E-state index contributed by atoms with van der Waals surface area (Å²) in [6, 6.07) is -3.95. The third-order valence-corrected chi connectivity index (χ3v) is 4.39. The van der Waals surface area contributed by atoms with Gasteiger partial charge in [0.15, 0.2) is 0 Å². The van der Waals surface area contributed by atoms with E-state index in [2.05, 4.69) is 26.9 Å². The molecule has 4 unspecified atom stereocenters. The lowest BCUT2D eigenvalue weighted by molar-refractivity contribution is -0.144. The number of aromatic nitrogens is 2. The van der Waals surface area contributed by atoms with Crippen molar-refractivity contribution >= 4 is 58.6 Å². The Kier molecular flexibility index (Phi) is 29.2. The number of amides is 1. The van der Waals surface area contributed by atoms with Crippen LogP contribution in [0.1, 0.15) is 59.1 Å². The third-order valence-electron chi connectivity index (χ3n) is 4.39. The van der Waals surface area contributed by atoms with Gasteiger partial charge in [0.25, 0.3) is 0 Å². The van der Waals surface area contributed by atoms with Crippen LogP contribution in [0.3, 0.4) is 0 Å². The minimum Gasteiger partial charge on any atom is -0.481 e. The van der Waals surface area contributed by atoms with Crippen LogP contribution < -0.4 is 22.5 Å². The Morgan fingerprint density at radius 2 is 1.26 bits per heavy atom. The molecule has 0 spiro atoms. The zero-order valence-corrected chi connectivity index (χ0v) is 26.3. The Labute approximate surface area is 268 Å². The molecule has 0 bridgehead atoms. The molecule has 1 amide bonds. The molecule has 1 aromatic heterocycles. The second-order valence-corrected chi connectivity index (χ2v) is 9.87. The number of rotatable bonds is 14. The molecule has 0 aliphatic carbocycles. The van der Waals surface area contributed by atoms with E-state index >= 15 is 0 Å². The second-order valence-electron chi connectivity index (χ2n) is 9.34. The van der Waals surface area contributed by atoms with Crippen LogP contribution in [0.2, 0.25) is 0 Å². The molecule has 264 valence electrons. The van der Waals surface area contributed by atoms with Gasteiger partial charge < -0.3 is 58.1 Å². The molecule has 0 saturated heterocycles. The topological polar surface area (TPSA) is 377 Å². The Bertz CT molecular complexity index is 1100. The molecule has 46 heavy (non-hydrogen) atoms. The summed E-state index contributed by atoms with van der Waals surface area (Å²) in [6.07, 6.45) is 3.05. The van der Waals surface area contributed by atoms with Gasteiger partial charge in [-0.1, -0.05) is 13.8 Å². The number of hydrogen-bond acceptors (Lipinski definition) is 12. The van der Waals surface area contributed by atoms with Gasteiger partial charge in [0.05, 0.1) is 12.7 Å². The molecule has 0 saturated carbocycles. The first-order valence-electron chi connectivity index (χ1n) is 13.0. The van der Waals surface area contributed by atoms with Crippen LogP contribution in [-0.4, -0.2) is 112 Å². The molecule has 0 radical (unpaired) electrons. The summed E-state index contributed by atoms with van der Waals surface area (Å²) < 4.78 is 0. The fourth-order valence-electron chi connectivity index (χ4n) is 2.34. The van der Waals surface area contributed by atoms with E-state index < -0.39 is 66.4 Å². The van der Waals surface area contributed by atoms with Crippen LogP contribution in [0.4, 0.5) is 0 Å². The Morgan fingerprint density at radius 3 is 1.52 bits per heavy atom. The van der Waals surface area contributed by atoms with E-state index in [0.717, 1.165) is 5.69 Å². The van der Waals surface area contributed by atoms with Gasteiger partial charge in [-0.3, -0.25) is 33.6 Å². The Hall–Kier alpha value is -4.66. The highest BCUT2D eigenvalue weighted by Gasteiger charge is 2.19. The summed E-state index contributed by atoms with van der Waals surface area (Å²) in [4.78, 5) is 86.6. The van der Waals surface area contributed by atoms with E-state index in [4.69, 9.17) is 47.8 Å². The summed E-state index contributed by atoms with van der Waals surface area (Å²) in [5, 5.41) is 51.4. The fourth-order valence-corrected chi connectivity index (χ4v) is 2.34. The number of aliphatic carboxylic acids is 6. The molecule has 1 rings (SSSR count). The summed E-state index contributed by atoms with van der Waals surface area (Å²) >= 11 is 4.64. The van der Waals surface area contributed by atoms with Gasteiger partial charge in [-0.25, -0.2) is 9.78 Å². The van der Waals surface area contributed by atoms with Gasteiger partial charge in [-0.05, 0) is 30.4 Å².